The number of carbonyl (C=O) groups is 2. The highest BCUT2D eigenvalue weighted by atomic mass is 32.2. The second-order valence-corrected chi connectivity index (χ2v) is 7.64. The number of carbonyl (C=O) groups excluding carboxylic acids is 2. The van der Waals surface area contributed by atoms with Crippen LogP contribution in [0, 0.1) is 0 Å². The summed E-state index contributed by atoms with van der Waals surface area (Å²) in [5.74, 6) is -0.825. The van der Waals surface area contributed by atoms with E-state index in [1.807, 2.05) is 0 Å². The molecule has 1 saturated heterocycles. The van der Waals surface area contributed by atoms with E-state index in [2.05, 4.69) is 0 Å². The molecule has 2 aromatic rings. The lowest BCUT2D eigenvalue weighted by atomic mass is 10.2. The van der Waals surface area contributed by atoms with E-state index in [1.165, 1.54) is 42.5 Å². The maximum Gasteiger partial charge on any atom is 0.307 e. The molecule has 6 nitrogen and oxygen atoms in total. The Morgan fingerprint density at radius 1 is 0.958 bits per heavy atom. The zero-order valence-electron chi connectivity index (χ0n) is 12.1. The number of phenolic OH excluding ortho intramolecular Hbond substituents is 1. The minimum Gasteiger partial charge on any atom is -0.508 e. The quantitative estimate of drug-likeness (QED) is 0.845. The normalized spacial score (nSPS) is 16.8. The Hall–Kier alpha value is -2.58. The van der Waals surface area contributed by atoms with E-state index in [0.29, 0.717) is 17.3 Å². The van der Waals surface area contributed by atoms with Gasteiger partial charge >= 0.3 is 5.24 Å². The van der Waals surface area contributed by atoms with Crippen molar-refractivity contribution in [2.45, 2.75) is 4.90 Å². The molecule has 0 saturated carbocycles. The van der Waals surface area contributed by atoms with E-state index < -0.39 is 21.2 Å². The largest absolute Gasteiger partial charge is 0.508 e. The summed E-state index contributed by atoms with van der Waals surface area (Å²) < 4.78 is 25.3. The number of benzene rings is 2. The van der Waals surface area contributed by atoms with Crippen LogP contribution in [0.25, 0.3) is 6.08 Å². The van der Waals surface area contributed by atoms with Crippen LogP contribution in [0.2, 0.25) is 0 Å². The van der Waals surface area contributed by atoms with Gasteiger partial charge in [0.1, 0.15) is 5.75 Å². The number of rotatable bonds is 3. The Bertz CT molecular complexity index is 934. The van der Waals surface area contributed by atoms with Gasteiger partial charge in [0.2, 0.25) is 0 Å². The molecule has 2 amide bonds. The van der Waals surface area contributed by atoms with E-state index in [4.69, 9.17) is 0 Å². The summed E-state index contributed by atoms with van der Waals surface area (Å²) in [4.78, 5) is 24.3. The number of phenols is 1. The monoisotopic (exact) mass is 361 g/mol. The number of thioether (sulfide) groups is 1. The van der Waals surface area contributed by atoms with Crippen LogP contribution in [0.4, 0.5) is 4.79 Å². The Kier molecular flexibility index (Phi) is 4.16. The van der Waals surface area contributed by atoms with Gasteiger partial charge in [-0.05, 0) is 47.7 Å². The van der Waals surface area contributed by atoms with E-state index in [0.717, 1.165) is 0 Å². The Morgan fingerprint density at radius 3 is 2.21 bits per heavy atom. The molecule has 0 radical (unpaired) electrons. The molecule has 0 atom stereocenters. The van der Waals surface area contributed by atoms with Crippen molar-refractivity contribution in [3.63, 3.8) is 0 Å². The Morgan fingerprint density at radius 2 is 1.58 bits per heavy atom. The summed E-state index contributed by atoms with van der Waals surface area (Å²) >= 11 is 0.559. The topological polar surface area (TPSA) is 91.8 Å². The highest BCUT2D eigenvalue weighted by molar-refractivity contribution is 8.19. The van der Waals surface area contributed by atoms with Gasteiger partial charge in [0.25, 0.3) is 15.9 Å². The van der Waals surface area contributed by atoms with Crippen molar-refractivity contribution in [3.8, 4) is 5.75 Å². The maximum absolute atomic E-state index is 12.5. The number of amides is 2. The van der Waals surface area contributed by atoms with Crippen LogP contribution in [0.15, 0.2) is 64.4 Å². The van der Waals surface area contributed by atoms with Crippen molar-refractivity contribution in [2.24, 2.45) is 0 Å². The van der Waals surface area contributed by atoms with Crippen LogP contribution in [0.3, 0.4) is 0 Å². The molecule has 0 spiro atoms. The second kappa shape index (κ2) is 6.14. The maximum atomic E-state index is 12.5. The molecule has 1 aliphatic heterocycles. The molecule has 122 valence electrons. The van der Waals surface area contributed by atoms with E-state index in [1.54, 1.807) is 18.2 Å². The third-order valence-electron chi connectivity index (χ3n) is 3.23. The van der Waals surface area contributed by atoms with Crippen LogP contribution in [0.1, 0.15) is 5.56 Å². The molecular formula is C16H11NO5S2. The molecule has 1 N–H and O–H groups in total. The summed E-state index contributed by atoms with van der Waals surface area (Å²) in [6, 6.07) is 13.3. The minimum absolute atomic E-state index is 0.00481. The van der Waals surface area contributed by atoms with Gasteiger partial charge in [0, 0.05) is 0 Å². The van der Waals surface area contributed by atoms with Gasteiger partial charge < -0.3 is 5.11 Å². The van der Waals surface area contributed by atoms with Crippen molar-refractivity contribution in [2.75, 3.05) is 0 Å². The molecule has 3 rings (SSSR count). The lowest BCUT2D eigenvalue weighted by Gasteiger charge is -2.12. The van der Waals surface area contributed by atoms with Gasteiger partial charge in [0.05, 0.1) is 9.80 Å². The van der Waals surface area contributed by atoms with Gasteiger partial charge in [-0.3, -0.25) is 9.59 Å². The van der Waals surface area contributed by atoms with Crippen LogP contribution in [-0.2, 0) is 14.8 Å². The first-order valence-corrected chi connectivity index (χ1v) is 9.02. The smallest absolute Gasteiger partial charge is 0.307 e. The average molecular weight is 361 g/mol. The summed E-state index contributed by atoms with van der Waals surface area (Å²) in [5.41, 5.74) is 0.565. The van der Waals surface area contributed by atoms with Crippen molar-refractivity contribution >= 4 is 39.0 Å². The molecule has 8 heteroatoms. The predicted molar refractivity (Wildman–Crippen MR) is 89.5 cm³/mol. The van der Waals surface area contributed by atoms with E-state index in [9.17, 15) is 23.1 Å². The van der Waals surface area contributed by atoms with Crippen LogP contribution >= 0.6 is 11.8 Å². The molecule has 0 aliphatic carbocycles. The fourth-order valence-electron chi connectivity index (χ4n) is 2.08. The van der Waals surface area contributed by atoms with Crippen LogP contribution in [0.5, 0.6) is 5.75 Å². The Labute approximate surface area is 142 Å². The molecule has 1 aliphatic rings. The van der Waals surface area contributed by atoms with Gasteiger partial charge in [0.15, 0.2) is 0 Å². The lowest BCUT2D eigenvalue weighted by Crippen LogP contribution is -2.34. The average Bonchev–Trinajstić information content (AvgIpc) is 2.85. The van der Waals surface area contributed by atoms with Crippen molar-refractivity contribution in [1.29, 1.82) is 0 Å². The van der Waals surface area contributed by atoms with Crippen molar-refractivity contribution < 1.29 is 23.1 Å². The summed E-state index contributed by atoms with van der Waals surface area (Å²) in [7, 11) is -4.24. The number of aromatic hydroxyl groups is 1. The number of sulfonamides is 1. The van der Waals surface area contributed by atoms with Gasteiger partial charge in [-0.1, -0.05) is 30.3 Å². The van der Waals surface area contributed by atoms with Gasteiger partial charge in [-0.25, -0.2) is 8.42 Å². The highest BCUT2D eigenvalue weighted by Gasteiger charge is 2.44. The molecule has 1 heterocycles. The molecule has 24 heavy (non-hydrogen) atoms. The van der Waals surface area contributed by atoms with E-state index in [-0.39, 0.29) is 19.9 Å². The first-order valence-electron chi connectivity index (χ1n) is 6.77. The third-order valence-corrected chi connectivity index (χ3v) is 5.90. The molecule has 0 aromatic heterocycles. The molecule has 1 fully saturated rings. The van der Waals surface area contributed by atoms with E-state index >= 15 is 0 Å². The number of imide groups is 1. The molecule has 0 bridgehead atoms. The molecule has 2 aromatic carbocycles. The molecular weight excluding hydrogens is 350 g/mol. The van der Waals surface area contributed by atoms with Gasteiger partial charge in [-0.2, -0.15) is 4.31 Å². The first-order chi connectivity index (χ1) is 11.4. The van der Waals surface area contributed by atoms with Crippen molar-refractivity contribution in [1.82, 2.24) is 4.31 Å². The third kappa shape index (κ3) is 2.93. The second-order valence-electron chi connectivity index (χ2n) is 4.86. The zero-order chi connectivity index (χ0) is 17.3. The van der Waals surface area contributed by atoms with Crippen LogP contribution in [-0.4, -0.2) is 29.0 Å². The Balaban J connectivity index is 1.96. The minimum atomic E-state index is -4.24. The first kappa shape index (κ1) is 16.3. The molecule has 0 unspecified atom stereocenters. The standard InChI is InChI=1S/C16H11NO5S2/c18-12-8-6-11(7-9-12)10-14-15(19)17(16(20)23-14)24(21,22)13-4-2-1-3-5-13/h1-10,18H/b14-10-. The van der Waals surface area contributed by atoms with Crippen molar-refractivity contribution in [3.05, 3.63) is 65.1 Å². The SMILES string of the molecule is O=C1S/C(=C\c2ccc(O)cc2)C(=O)N1S(=O)(=O)c1ccccc1. The lowest BCUT2D eigenvalue weighted by molar-refractivity contribution is -0.119. The number of hydrogen-bond donors (Lipinski definition) is 1. The predicted octanol–water partition coefficient (Wildman–Crippen LogP) is 2.82. The fraction of sp³-hybridized carbons (Fsp3) is 0. The van der Waals surface area contributed by atoms with Gasteiger partial charge in [-0.15, -0.1) is 0 Å². The summed E-state index contributed by atoms with van der Waals surface area (Å²) in [6.45, 7) is 0. The fourth-order valence-corrected chi connectivity index (χ4v) is 4.50. The zero-order valence-corrected chi connectivity index (χ0v) is 13.8. The summed E-state index contributed by atoms with van der Waals surface area (Å²) in [5, 5.41) is 8.39. The summed E-state index contributed by atoms with van der Waals surface area (Å²) in [6.07, 6.45) is 1.41. The highest BCUT2D eigenvalue weighted by Crippen LogP contribution is 2.36. The number of hydrogen-bond acceptors (Lipinski definition) is 6. The van der Waals surface area contributed by atoms with Crippen LogP contribution < -0.4 is 0 Å². The number of nitrogens with zero attached hydrogens (tertiary/aromatic N) is 1.